The number of aromatic nitrogens is 1. The smallest absolute Gasteiger partial charge is 0.264 e. The van der Waals surface area contributed by atoms with Crippen molar-refractivity contribution in [3.63, 3.8) is 0 Å². The summed E-state index contributed by atoms with van der Waals surface area (Å²) < 4.78 is 38.4. The van der Waals surface area contributed by atoms with Gasteiger partial charge in [-0.25, -0.2) is 0 Å². The quantitative estimate of drug-likeness (QED) is 0.662. The van der Waals surface area contributed by atoms with Crippen molar-refractivity contribution in [3.8, 4) is 6.07 Å². The summed E-state index contributed by atoms with van der Waals surface area (Å²) in [6.07, 6.45) is -1.02. The monoisotopic (exact) mass is 338 g/mol. The van der Waals surface area contributed by atoms with Gasteiger partial charge in [0.05, 0.1) is 17.2 Å². The lowest BCUT2D eigenvalue weighted by molar-refractivity contribution is -0.137. The fraction of sp³-hybridized carbons (Fsp3) is 0.100. The van der Waals surface area contributed by atoms with Crippen molar-refractivity contribution in [1.29, 1.82) is 5.26 Å². The first kappa shape index (κ1) is 16.7. The molecule has 0 aliphatic carbocycles. The number of halogens is 3. The minimum Gasteiger partial charge on any atom is -0.264 e. The molecule has 124 valence electrons. The van der Waals surface area contributed by atoms with Gasteiger partial charge in [-0.2, -0.15) is 18.4 Å². The lowest BCUT2D eigenvalue weighted by atomic mass is 9.85. The van der Waals surface area contributed by atoms with Crippen LogP contribution in [0.3, 0.4) is 0 Å². The molecule has 5 heteroatoms. The Morgan fingerprint density at radius 2 is 1.44 bits per heavy atom. The fourth-order valence-electron chi connectivity index (χ4n) is 2.74. The van der Waals surface area contributed by atoms with Crippen LogP contribution in [0.5, 0.6) is 0 Å². The van der Waals surface area contributed by atoms with Crippen LogP contribution in [0.4, 0.5) is 13.2 Å². The van der Waals surface area contributed by atoms with Crippen molar-refractivity contribution >= 4 is 0 Å². The van der Waals surface area contributed by atoms with E-state index in [0.717, 1.165) is 28.8 Å². The molecule has 0 fully saturated rings. The minimum atomic E-state index is -4.36. The molecule has 0 N–H and O–H groups in total. The summed E-state index contributed by atoms with van der Waals surface area (Å²) in [5.74, 6) is -0.260. The molecule has 25 heavy (non-hydrogen) atoms. The van der Waals surface area contributed by atoms with Crippen LogP contribution in [0.2, 0.25) is 0 Å². The highest BCUT2D eigenvalue weighted by Crippen LogP contribution is 2.34. The van der Waals surface area contributed by atoms with E-state index in [-0.39, 0.29) is 5.92 Å². The van der Waals surface area contributed by atoms with Gasteiger partial charge in [0.25, 0.3) is 0 Å². The van der Waals surface area contributed by atoms with Gasteiger partial charge in [0.15, 0.2) is 0 Å². The van der Waals surface area contributed by atoms with Crippen molar-refractivity contribution in [2.75, 3.05) is 0 Å². The molecule has 3 aromatic rings. The second kappa shape index (κ2) is 6.78. The predicted octanol–water partition coefficient (Wildman–Crippen LogP) is 5.15. The summed E-state index contributed by atoms with van der Waals surface area (Å²) in [5, 5.41) is 8.94. The maximum absolute atomic E-state index is 12.8. The number of hydrogen-bond acceptors (Lipinski definition) is 2. The molecular formula is C20H13F3N2. The van der Waals surface area contributed by atoms with Crippen molar-refractivity contribution in [3.05, 3.63) is 101 Å². The van der Waals surface area contributed by atoms with Gasteiger partial charge in [0, 0.05) is 18.3 Å². The molecule has 2 nitrogen and oxygen atoms in total. The van der Waals surface area contributed by atoms with Crippen molar-refractivity contribution in [2.45, 2.75) is 12.1 Å². The number of rotatable bonds is 3. The Hall–Kier alpha value is -3.13. The molecule has 0 saturated carbocycles. The lowest BCUT2D eigenvalue weighted by Crippen LogP contribution is -2.07. The van der Waals surface area contributed by atoms with Crippen LogP contribution in [0.25, 0.3) is 0 Å². The first-order valence-corrected chi connectivity index (χ1v) is 7.56. The summed E-state index contributed by atoms with van der Waals surface area (Å²) in [4.78, 5) is 4.11. The van der Waals surface area contributed by atoms with E-state index in [0.29, 0.717) is 5.56 Å². The molecule has 1 unspecified atom stereocenters. The molecule has 0 saturated heterocycles. The molecule has 0 aliphatic rings. The third-order valence-electron chi connectivity index (χ3n) is 3.96. The minimum absolute atomic E-state index is 0.260. The third-order valence-corrected chi connectivity index (χ3v) is 3.96. The molecule has 0 aliphatic heterocycles. The van der Waals surface area contributed by atoms with Crippen LogP contribution in [-0.4, -0.2) is 4.98 Å². The zero-order valence-corrected chi connectivity index (χ0v) is 13.0. The maximum Gasteiger partial charge on any atom is 0.416 e. The van der Waals surface area contributed by atoms with E-state index < -0.39 is 11.7 Å². The van der Waals surface area contributed by atoms with Gasteiger partial charge >= 0.3 is 6.18 Å². The van der Waals surface area contributed by atoms with Crippen molar-refractivity contribution in [1.82, 2.24) is 4.98 Å². The molecule has 2 aromatic carbocycles. The van der Waals surface area contributed by atoms with Gasteiger partial charge in [0.1, 0.15) is 0 Å². The van der Waals surface area contributed by atoms with E-state index in [9.17, 15) is 13.2 Å². The van der Waals surface area contributed by atoms with E-state index in [1.54, 1.807) is 30.6 Å². The second-order valence-corrected chi connectivity index (χ2v) is 5.57. The first-order valence-electron chi connectivity index (χ1n) is 7.56. The Bertz CT molecular complexity index is 877. The summed E-state index contributed by atoms with van der Waals surface area (Å²) in [5.41, 5.74) is 2.33. The van der Waals surface area contributed by atoms with E-state index in [1.807, 2.05) is 18.2 Å². The van der Waals surface area contributed by atoms with E-state index in [4.69, 9.17) is 5.26 Å². The largest absolute Gasteiger partial charge is 0.416 e. The highest BCUT2D eigenvalue weighted by atomic mass is 19.4. The maximum atomic E-state index is 12.8. The van der Waals surface area contributed by atoms with Gasteiger partial charge < -0.3 is 0 Å². The molecule has 1 atom stereocenters. The zero-order valence-electron chi connectivity index (χ0n) is 13.0. The second-order valence-electron chi connectivity index (χ2n) is 5.57. The normalized spacial score (nSPS) is 12.4. The number of pyridine rings is 1. The highest BCUT2D eigenvalue weighted by Gasteiger charge is 2.30. The van der Waals surface area contributed by atoms with E-state index >= 15 is 0 Å². The van der Waals surface area contributed by atoms with E-state index in [2.05, 4.69) is 11.1 Å². The fourth-order valence-corrected chi connectivity index (χ4v) is 2.74. The zero-order chi connectivity index (χ0) is 17.9. The van der Waals surface area contributed by atoms with E-state index in [1.165, 1.54) is 12.1 Å². The highest BCUT2D eigenvalue weighted by molar-refractivity contribution is 5.45. The Morgan fingerprint density at radius 3 is 1.92 bits per heavy atom. The molecule has 1 aromatic heterocycles. The van der Waals surface area contributed by atoms with Crippen molar-refractivity contribution in [2.24, 2.45) is 0 Å². The van der Waals surface area contributed by atoms with Crippen LogP contribution in [0, 0.1) is 11.3 Å². The lowest BCUT2D eigenvalue weighted by Gasteiger charge is -2.19. The summed E-state index contributed by atoms with van der Waals surface area (Å²) in [6.45, 7) is 0. The van der Waals surface area contributed by atoms with Crippen LogP contribution >= 0.6 is 0 Å². The summed E-state index contributed by atoms with van der Waals surface area (Å²) >= 11 is 0. The average molecular weight is 338 g/mol. The number of nitriles is 1. The van der Waals surface area contributed by atoms with Crippen LogP contribution in [0.1, 0.15) is 33.7 Å². The van der Waals surface area contributed by atoms with Gasteiger partial charge in [-0.05, 0) is 47.0 Å². The van der Waals surface area contributed by atoms with Gasteiger partial charge in [0.2, 0.25) is 0 Å². The Balaban J connectivity index is 2.07. The first-order chi connectivity index (χ1) is 12.0. The number of hydrogen-bond donors (Lipinski definition) is 0. The molecule has 0 amide bonds. The number of alkyl halides is 3. The number of nitrogens with zero attached hydrogens (tertiary/aromatic N) is 2. The SMILES string of the molecule is N#Cc1ccc(C(c2ccc(C(F)(F)F)cc2)c2cccnc2)cc1. The average Bonchev–Trinajstić information content (AvgIpc) is 2.63. The number of benzene rings is 2. The van der Waals surface area contributed by atoms with Crippen molar-refractivity contribution < 1.29 is 13.2 Å². The summed E-state index contributed by atoms with van der Waals surface area (Å²) in [7, 11) is 0. The molecule has 3 rings (SSSR count). The Kier molecular flexibility index (Phi) is 4.53. The van der Waals surface area contributed by atoms with Gasteiger partial charge in [-0.3, -0.25) is 4.98 Å². The Morgan fingerprint density at radius 1 is 0.840 bits per heavy atom. The topological polar surface area (TPSA) is 36.7 Å². The third kappa shape index (κ3) is 3.69. The van der Waals surface area contributed by atoms with Crippen LogP contribution < -0.4 is 0 Å². The predicted molar refractivity (Wildman–Crippen MR) is 87.8 cm³/mol. The molecular weight excluding hydrogens is 325 g/mol. The standard InChI is InChI=1S/C20H13F3N2/c21-20(22,23)18-9-7-16(8-10-18)19(17-2-1-11-25-13-17)15-5-3-14(12-24)4-6-15/h1-11,13,19H. The molecule has 1 heterocycles. The van der Waals surface area contributed by atoms with Crippen LogP contribution in [0.15, 0.2) is 73.1 Å². The van der Waals surface area contributed by atoms with Gasteiger partial charge in [-0.15, -0.1) is 0 Å². The molecule has 0 spiro atoms. The van der Waals surface area contributed by atoms with Gasteiger partial charge in [-0.1, -0.05) is 30.3 Å². The Labute approximate surface area is 143 Å². The van der Waals surface area contributed by atoms with Crippen LogP contribution in [-0.2, 0) is 6.18 Å². The summed E-state index contributed by atoms with van der Waals surface area (Å²) in [6, 6.07) is 17.9. The molecule has 0 radical (unpaired) electrons. The molecule has 0 bridgehead atoms.